The van der Waals surface area contributed by atoms with E-state index in [-0.39, 0.29) is 0 Å². The second kappa shape index (κ2) is 32.1. The van der Waals surface area contributed by atoms with Crippen molar-refractivity contribution in [2.75, 3.05) is 124 Å². The number of hydrazine groups is 1. The average Bonchev–Trinajstić information content (AvgIpc) is 2.95. The van der Waals surface area contributed by atoms with Crippen molar-refractivity contribution in [1.82, 2.24) is 41.9 Å². The molecule has 0 amide bonds. The highest BCUT2D eigenvalue weighted by atomic mass is 15.3. The third-order valence-corrected chi connectivity index (χ3v) is 7.16. The Morgan fingerprint density at radius 1 is 0.487 bits per heavy atom. The van der Waals surface area contributed by atoms with Gasteiger partial charge in [0.1, 0.15) is 0 Å². The van der Waals surface area contributed by atoms with Gasteiger partial charge in [0.25, 0.3) is 0 Å². The summed E-state index contributed by atoms with van der Waals surface area (Å²) in [4.78, 5) is 5.13. The maximum atomic E-state index is 5.72. The number of likely N-dealkylation sites (N-methyl/N-ethyl adjacent to an activating group) is 2. The van der Waals surface area contributed by atoms with Crippen LogP contribution in [-0.4, -0.2) is 134 Å². The van der Waals surface area contributed by atoms with Crippen molar-refractivity contribution in [2.24, 2.45) is 23.1 Å². The molecule has 0 bridgehead atoms. The predicted octanol–water partition coefficient (Wildman–Crippen LogP) is -1.08. The Bertz CT molecular complexity index is 459. The molecule has 0 aliphatic rings. The Hall–Kier alpha value is -0.440. The molecule has 11 nitrogen and oxygen atoms in total. The van der Waals surface area contributed by atoms with Crippen molar-refractivity contribution in [1.29, 1.82) is 0 Å². The summed E-state index contributed by atoms with van der Waals surface area (Å²) in [7, 11) is 0. The highest BCUT2D eigenvalue weighted by Gasteiger charge is 2.09. The van der Waals surface area contributed by atoms with Crippen LogP contribution in [0.15, 0.2) is 0 Å². The zero-order chi connectivity index (χ0) is 28.7. The van der Waals surface area contributed by atoms with Crippen molar-refractivity contribution in [3.63, 3.8) is 0 Å². The van der Waals surface area contributed by atoms with Crippen molar-refractivity contribution < 1.29 is 0 Å². The van der Waals surface area contributed by atoms with Crippen LogP contribution >= 0.6 is 0 Å². The van der Waals surface area contributed by atoms with Gasteiger partial charge in [0.15, 0.2) is 0 Å². The number of nitrogens with two attached hydrogens (primary N) is 3. The lowest BCUT2D eigenvalue weighted by Crippen LogP contribution is -2.44. The molecule has 1 atom stereocenters. The van der Waals surface area contributed by atoms with Crippen molar-refractivity contribution >= 4 is 0 Å². The van der Waals surface area contributed by atoms with Crippen LogP contribution < -0.4 is 49.3 Å². The van der Waals surface area contributed by atoms with Gasteiger partial charge in [-0.1, -0.05) is 26.7 Å². The first-order valence-electron chi connectivity index (χ1n) is 16.0. The molecule has 11 heteroatoms. The summed E-state index contributed by atoms with van der Waals surface area (Å²) >= 11 is 0. The van der Waals surface area contributed by atoms with Gasteiger partial charge in [0.05, 0.1) is 0 Å². The SMILES string of the molecule is CCNCCN(CCNCCNNCCC(CCCN)CCCCN)CCN(CC)CCNCCNCCN. The molecule has 39 heavy (non-hydrogen) atoms. The van der Waals surface area contributed by atoms with Crippen LogP contribution in [0.5, 0.6) is 0 Å². The summed E-state index contributed by atoms with van der Waals surface area (Å²) in [5.41, 5.74) is 23.7. The Kier molecular flexibility index (Phi) is 31.7. The van der Waals surface area contributed by atoms with E-state index in [0.29, 0.717) is 6.54 Å². The third-order valence-electron chi connectivity index (χ3n) is 7.16. The molecule has 0 fully saturated rings. The third kappa shape index (κ3) is 27.5. The maximum Gasteiger partial charge on any atom is 0.0225 e. The molecule has 236 valence electrons. The van der Waals surface area contributed by atoms with Crippen LogP contribution in [0.4, 0.5) is 0 Å². The first-order valence-corrected chi connectivity index (χ1v) is 16.0. The maximum absolute atomic E-state index is 5.72. The summed E-state index contributed by atoms with van der Waals surface area (Å²) in [5.74, 6) is 0.754. The van der Waals surface area contributed by atoms with Crippen molar-refractivity contribution in [2.45, 2.75) is 52.4 Å². The zero-order valence-electron chi connectivity index (χ0n) is 25.9. The van der Waals surface area contributed by atoms with Gasteiger partial charge in [-0.15, -0.1) is 0 Å². The first kappa shape index (κ1) is 38.6. The van der Waals surface area contributed by atoms with E-state index < -0.39 is 0 Å². The standard InChI is InChI=1S/C28H69N11/c1-3-32-20-24-39(27-26-38(4-2)23-21-34-17-16-33-15-13-31)25-22-35-18-19-37-36-14-10-28(9-7-12-30)8-5-6-11-29/h28,32-37H,3-27,29-31H2,1-2H3. The number of hydrogen-bond donors (Lipinski definition) is 9. The highest BCUT2D eigenvalue weighted by Crippen LogP contribution is 2.17. The van der Waals surface area contributed by atoms with E-state index in [0.717, 1.165) is 137 Å². The summed E-state index contributed by atoms with van der Waals surface area (Å²) in [5, 5.41) is 13.9. The van der Waals surface area contributed by atoms with Crippen LogP contribution in [0.25, 0.3) is 0 Å². The molecule has 0 saturated carbocycles. The van der Waals surface area contributed by atoms with Crippen molar-refractivity contribution in [3.8, 4) is 0 Å². The van der Waals surface area contributed by atoms with E-state index in [1.165, 1.54) is 25.7 Å². The molecular formula is C28H69N11. The first-order chi connectivity index (χ1) is 19.2. The summed E-state index contributed by atoms with van der Waals surface area (Å²) < 4.78 is 0. The van der Waals surface area contributed by atoms with E-state index in [9.17, 15) is 0 Å². The monoisotopic (exact) mass is 560 g/mol. The number of hydrogen-bond acceptors (Lipinski definition) is 11. The zero-order valence-corrected chi connectivity index (χ0v) is 25.9. The predicted molar refractivity (Wildman–Crippen MR) is 170 cm³/mol. The minimum atomic E-state index is 0.699. The van der Waals surface area contributed by atoms with Gasteiger partial charge in [-0.3, -0.25) is 15.8 Å². The molecule has 0 aromatic rings. The summed E-state index contributed by atoms with van der Waals surface area (Å²) in [6.07, 6.45) is 7.18. The largest absolute Gasteiger partial charge is 0.330 e. The molecule has 1 unspecified atom stereocenters. The van der Waals surface area contributed by atoms with Gasteiger partial charge in [-0.2, -0.15) is 0 Å². The van der Waals surface area contributed by atoms with Crippen LogP contribution in [0.3, 0.4) is 0 Å². The molecule has 0 saturated heterocycles. The molecule has 0 aliphatic carbocycles. The number of unbranched alkanes of at least 4 members (excludes halogenated alkanes) is 1. The van der Waals surface area contributed by atoms with Gasteiger partial charge in [0, 0.05) is 98.2 Å². The minimum Gasteiger partial charge on any atom is -0.330 e. The fraction of sp³-hybridized carbons (Fsp3) is 1.00. The molecule has 0 spiro atoms. The number of nitrogens with zero attached hydrogens (tertiary/aromatic N) is 2. The summed E-state index contributed by atoms with van der Waals surface area (Å²) in [6.45, 7) is 23.2. The Morgan fingerprint density at radius 2 is 1.05 bits per heavy atom. The van der Waals surface area contributed by atoms with Crippen LogP contribution in [-0.2, 0) is 0 Å². The molecule has 12 N–H and O–H groups in total. The second-order valence-corrected chi connectivity index (χ2v) is 10.4. The minimum absolute atomic E-state index is 0.699. The molecule has 0 aromatic heterocycles. The number of nitrogens with one attached hydrogen (secondary N) is 6. The second-order valence-electron chi connectivity index (χ2n) is 10.4. The van der Waals surface area contributed by atoms with Gasteiger partial charge in [-0.05, 0) is 57.8 Å². The molecule has 0 rings (SSSR count). The van der Waals surface area contributed by atoms with E-state index in [1.807, 2.05) is 0 Å². The van der Waals surface area contributed by atoms with E-state index in [2.05, 4.69) is 55.8 Å². The van der Waals surface area contributed by atoms with Crippen molar-refractivity contribution in [3.05, 3.63) is 0 Å². The topological polar surface area (TPSA) is 157 Å². The smallest absolute Gasteiger partial charge is 0.0225 e. The van der Waals surface area contributed by atoms with Crippen LogP contribution in [0.2, 0.25) is 0 Å². The van der Waals surface area contributed by atoms with Gasteiger partial charge in [0.2, 0.25) is 0 Å². The van der Waals surface area contributed by atoms with Crippen LogP contribution in [0.1, 0.15) is 52.4 Å². The lowest BCUT2D eigenvalue weighted by Gasteiger charge is -2.27. The normalized spacial score (nSPS) is 12.7. The van der Waals surface area contributed by atoms with Gasteiger partial charge in [-0.25, -0.2) is 0 Å². The molecule has 0 heterocycles. The van der Waals surface area contributed by atoms with Gasteiger partial charge >= 0.3 is 0 Å². The fourth-order valence-electron chi connectivity index (χ4n) is 4.61. The lowest BCUT2D eigenvalue weighted by molar-refractivity contribution is 0.209. The number of rotatable bonds is 33. The molecular weight excluding hydrogens is 490 g/mol. The van der Waals surface area contributed by atoms with E-state index in [1.54, 1.807) is 0 Å². The molecule has 0 aliphatic heterocycles. The quantitative estimate of drug-likeness (QED) is 0.0356. The van der Waals surface area contributed by atoms with E-state index in [4.69, 9.17) is 17.2 Å². The fourth-order valence-corrected chi connectivity index (χ4v) is 4.61. The Balaban J connectivity index is 4.02. The Labute approximate surface area is 241 Å². The van der Waals surface area contributed by atoms with Gasteiger partial charge < -0.3 is 43.4 Å². The molecule has 0 aromatic carbocycles. The molecule has 0 radical (unpaired) electrons. The Morgan fingerprint density at radius 3 is 1.69 bits per heavy atom. The average molecular weight is 560 g/mol. The summed E-state index contributed by atoms with van der Waals surface area (Å²) in [6, 6.07) is 0. The van der Waals surface area contributed by atoms with Crippen LogP contribution in [0, 0.1) is 5.92 Å². The lowest BCUT2D eigenvalue weighted by atomic mass is 9.93. The van der Waals surface area contributed by atoms with E-state index >= 15 is 0 Å². The highest BCUT2D eigenvalue weighted by molar-refractivity contribution is 4.67.